The third-order valence-corrected chi connectivity index (χ3v) is 5.40. The van der Waals surface area contributed by atoms with Gasteiger partial charge in [0.1, 0.15) is 0 Å². The van der Waals surface area contributed by atoms with Crippen molar-refractivity contribution < 1.29 is 4.79 Å². The average Bonchev–Trinajstić information content (AvgIpc) is 2.87. The van der Waals surface area contributed by atoms with Crippen LogP contribution in [0, 0.1) is 6.92 Å². The van der Waals surface area contributed by atoms with E-state index in [1.165, 1.54) is 16.2 Å². The number of carbonyl (C=O) groups excluding carboxylic acids is 1. The number of aromatic nitrogens is 2. The van der Waals surface area contributed by atoms with Gasteiger partial charge in [-0.2, -0.15) is 0 Å². The fourth-order valence-electron chi connectivity index (χ4n) is 2.22. The van der Waals surface area contributed by atoms with Crippen molar-refractivity contribution in [3.63, 3.8) is 0 Å². The number of hydrogen-bond acceptors (Lipinski definition) is 5. The van der Waals surface area contributed by atoms with E-state index in [2.05, 4.69) is 43.2 Å². The number of thiazole rings is 1. The minimum atomic E-state index is -0.167. The van der Waals surface area contributed by atoms with Gasteiger partial charge in [-0.15, -0.1) is 11.3 Å². The van der Waals surface area contributed by atoms with Crippen LogP contribution in [-0.2, 0) is 13.0 Å². The summed E-state index contributed by atoms with van der Waals surface area (Å²) >= 11 is 4.89. The number of carbonyl (C=O) groups is 1. The van der Waals surface area contributed by atoms with Gasteiger partial charge in [0.2, 0.25) is 0 Å². The first kappa shape index (κ1) is 14.6. The molecule has 0 aliphatic carbocycles. The first-order chi connectivity index (χ1) is 10.0. The molecular formula is C14H15BrN4OS. The van der Waals surface area contributed by atoms with Gasteiger partial charge in [-0.25, -0.2) is 4.98 Å². The van der Waals surface area contributed by atoms with Crippen LogP contribution in [0.3, 0.4) is 0 Å². The molecule has 0 atom stereocenters. The number of anilines is 1. The van der Waals surface area contributed by atoms with Crippen LogP contribution in [0.4, 0.5) is 5.69 Å². The molecular weight excluding hydrogens is 352 g/mol. The molecule has 2 aromatic heterocycles. The number of fused-ring (bicyclic) bond motifs is 1. The molecule has 1 amide bonds. The van der Waals surface area contributed by atoms with Crippen molar-refractivity contribution >= 4 is 38.9 Å². The predicted octanol–water partition coefficient (Wildman–Crippen LogP) is 2.85. The van der Waals surface area contributed by atoms with Gasteiger partial charge in [0, 0.05) is 35.1 Å². The van der Waals surface area contributed by atoms with Crippen molar-refractivity contribution in [3.8, 4) is 0 Å². The van der Waals surface area contributed by atoms with E-state index in [0.29, 0.717) is 10.7 Å². The average molecular weight is 367 g/mol. The zero-order valence-corrected chi connectivity index (χ0v) is 14.2. The van der Waals surface area contributed by atoms with Crippen LogP contribution in [0.15, 0.2) is 16.9 Å². The number of hydrogen-bond donors (Lipinski definition) is 1. The van der Waals surface area contributed by atoms with E-state index in [9.17, 15) is 4.79 Å². The van der Waals surface area contributed by atoms with Crippen LogP contribution in [-0.4, -0.2) is 34.4 Å². The summed E-state index contributed by atoms with van der Waals surface area (Å²) < 4.78 is 0.875. The molecule has 0 bridgehead atoms. The Hall–Kier alpha value is -1.31. The van der Waals surface area contributed by atoms with Crippen LogP contribution >= 0.6 is 27.3 Å². The second kappa shape index (κ2) is 5.82. The molecule has 2 aromatic rings. The monoisotopic (exact) mass is 366 g/mol. The molecule has 21 heavy (non-hydrogen) atoms. The molecule has 3 rings (SSSR count). The molecule has 7 heteroatoms. The lowest BCUT2D eigenvalue weighted by Gasteiger charge is -2.20. The van der Waals surface area contributed by atoms with Gasteiger partial charge in [0.05, 0.1) is 17.6 Å². The molecule has 3 heterocycles. The topological polar surface area (TPSA) is 58.1 Å². The second-order valence-corrected chi connectivity index (χ2v) is 7.06. The number of likely N-dealkylation sites (N-methyl/N-ethyl adjacent to an activating group) is 1. The maximum atomic E-state index is 12.4. The molecule has 0 radical (unpaired) electrons. The van der Waals surface area contributed by atoms with Crippen molar-refractivity contribution in [3.05, 3.63) is 38.0 Å². The van der Waals surface area contributed by atoms with Crippen molar-refractivity contribution in [2.45, 2.75) is 19.9 Å². The SMILES string of the molecule is Cc1c(Br)cncc1NC(=O)c1nc2c(s1)CN(C)CC2. The smallest absolute Gasteiger partial charge is 0.284 e. The largest absolute Gasteiger partial charge is 0.318 e. The molecule has 1 aliphatic rings. The summed E-state index contributed by atoms with van der Waals surface area (Å²) in [6.07, 6.45) is 4.27. The summed E-state index contributed by atoms with van der Waals surface area (Å²) in [7, 11) is 2.08. The van der Waals surface area contributed by atoms with Crippen LogP contribution in [0.1, 0.15) is 25.9 Å². The summed E-state index contributed by atoms with van der Waals surface area (Å²) in [4.78, 5) is 24.4. The Morgan fingerprint density at radius 3 is 3.10 bits per heavy atom. The maximum Gasteiger partial charge on any atom is 0.284 e. The van der Waals surface area contributed by atoms with Gasteiger partial charge in [-0.3, -0.25) is 9.78 Å². The predicted molar refractivity (Wildman–Crippen MR) is 86.8 cm³/mol. The van der Waals surface area contributed by atoms with E-state index in [-0.39, 0.29) is 5.91 Å². The fourth-order valence-corrected chi connectivity index (χ4v) is 3.64. The summed E-state index contributed by atoms with van der Waals surface area (Å²) in [6.45, 7) is 3.80. The fraction of sp³-hybridized carbons (Fsp3) is 0.357. The summed E-state index contributed by atoms with van der Waals surface area (Å²) in [5, 5.41) is 3.41. The second-order valence-electron chi connectivity index (χ2n) is 5.12. The number of rotatable bonds is 2. The third-order valence-electron chi connectivity index (χ3n) is 3.52. The van der Waals surface area contributed by atoms with Crippen LogP contribution in [0.25, 0.3) is 0 Å². The van der Waals surface area contributed by atoms with E-state index < -0.39 is 0 Å². The van der Waals surface area contributed by atoms with E-state index in [1.54, 1.807) is 12.4 Å². The zero-order valence-electron chi connectivity index (χ0n) is 11.8. The Kier molecular flexibility index (Phi) is 4.05. The molecule has 1 N–H and O–H groups in total. The Labute approximate surface area is 135 Å². The molecule has 0 unspecified atom stereocenters. The summed E-state index contributed by atoms with van der Waals surface area (Å²) in [5.74, 6) is -0.167. The van der Waals surface area contributed by atoms with E-state index in [0.717, 1.165) is 35.2 Å². The number of pyridine rings is 1. The van der Waals surface area contributed by atoms with Gasteiger partial charge in [0.15, 0.2) is 5.01 Å². The zero-order chi connectivity index (χ0) is 15.0. The molecule has 5 nitrogen and oxygen atoms in total. The Balaban J connectivity index is 1.81. The minimum Gasteiger partial charge on any atom is -0.318 e. The standard InChI is InChI=1S/C14H15BrN4OS/c1-8-9(15)5-16-6-11(8)17-13(20)14-18-10-3-4-19(2)7-12(10)21-14/h5-6H,3-4,7H2,1-2H3,(H,17,20). The highest BCUT2D eigenvalue weighted by atomic mass is 79.9. The molecule has 110 valence electrons. The van der Waals surface area contributed by atoms with Gasteiger partial charge < -0.3 is 10.2 Å². The van der Waals surface area contributed by atoms with Gasteiger partial charge in [-0.1, -0.05) is 0 Å². The minimum absolute atomic E-state index is 0.167. The van der Waals surface area contributed by atoms with Crippen molar-refractivity contribution in [1.29, 1.82) is 0 Å². The number of nitrogens with zero attached hydrogens (tertiary/aromatic N) is 3. The van der Waals surface area contributed by atoms with E-state index in [4.69, 9.17) is 0 Å². The highest BCUT2D eigenvalue weighted by molar-refractivity contribution is 9.10. The number of halogens is 1. The highest BCUT2D eigenvalue weighted by Crippen LogP contribution is 2.26. The van der Waals surface area contributed by atoms with Crippen LogP contribution in [0.2, 0.25) is 0 Å². The normalized spacial score (nSPS) is 14.8. The number of amides is 1. The Morgan fingerprint density at radius 2 is 2.29 bits per heavy atom. The maximum absolute atomic E-state index is 12.4. The van der Waals surface area contributed by atoms with Crippen LogP contribution in [0.5, 0.6) is 0 Å². The van der Waals surface area contributed by atoms with Gasteiger partial charge >= 0.3 is 0 Å². The molecule has 0 spiro atoms. The molecule has 0 saturated heterocycles. The lowest BCUT2D eigenvalue weighted by Crippen LogP contribution is -2.25. The van der Waals surface area contributed by atoms with Crippen molar-refractivity contribution in [2.75, 3.05) is 18.9 Å². The van der Waals surface area contributed by atoms with E-state index in [1.807, 2.05) is 6.92 Å². The lowest BCUT2D eigenvalue weighted by molar-refractivity contribution is 0.102. The van der Waals surface area contributed by atoms with Gasteiger partial charge in [-0.05, 0) is 35.5 Å². The first-order valence-corrected chi connectivity index (χ1v) is 8.24. The molecule has 1 aliphatic heterocycles. The molecule has 0 saturated carbocycles. The Morgan fingerprint density at radius 1 is 1.48 bits per heavy atom. The first-order valence-electron chi connectivity index (χ1n) is 6.63. The van der Waals surface area contributed by atoms with Crippen molar-refractivity contribution in [2.24, 2.45) is 0 Å². The van der Waals surface area contributed by atoms with Crippen LogP contribution < -0.4 is 5.32 Å². The highest BCUT2D eigenvalue weighted by Gasteiger charge is 2.21. The molecule has 0 aromatic carbocycles. The number of nitrogens with one attached hydrogen (secondary N) is 1. The van der Waals surface area contributed by atoms with Crippen molar-refractivity contribution in [1.82, 2.24) is 14.9 Å². The Bertz CT molecular complexity index is 700. The summed E-state index contributed by atoms with van der Waals surface area (Å²) in [5.41, 5.74) is 2.73. The van der Waals surface area contributed by atoms with E-state index >= 15 is 0 Å². The third kappa shape index (κ3) is 3.00. The lowest BCUT2D eigenvalue weighted by atomic mass is 10.2. The summed E-state index contributed by atoms with van der Waals surface area (Å²) in [6, 6.07) is 0. The quantitative estimate of drug-likeness (QED) is 0.887. The molecule has 0 fully saturated rings. The van der Waals surface area contributed by atoms with Gasteiger partial charge in [0.25, 0.3) is 5.91 Å².